The Morgan fingerprint density at radius 2 is 1.71 bits per heavy atom. The first kappa shape index (κ1) is 8.75. The Hall–Kier alpha value is -1.83. The molecule has 0 atom stereocenters. The highest BCUT2D eigenvalue weighted by atomic mass is 16.3. The second kappa shape index (κ2) is 3.50. The molecule has 1 heterocycles. The molecule has 1 aromatic carbocycles. The van der Waals surface area contributed by atoms with Crippen molar-refractivity contribution in [3.63, 3.8) is 0 Å². The van der Waals surface area contributed by atoms with Crippen molar-refractivity contribution in [2.75, 3.05) is 0 Å². The first-order chi connectivity index (χ1) is 6.77. The van der Waals surface area contributed by atoms with E-state index in [-0.39, 0.29) is 0 Å². The molecule has 14 heavy (non-hydrogen) atoms. The van der Waals surface area contributed by atoms with Crippen LogP contribution in [0.1, 0.15) is 0 Å². The molecule has 0 saturated heterocycles. The number of benzene rings is 1. The van der Waals surface area contributed by atoms with Gasteiger partial charge < -0.3 is 5.11 Å². The van der Waals surface area contributed by atoms with E-state index in [2.05, 4.69) is 0 Å². The van der Waals surface area contributed by atoms with Gasteiger partial charge in [-0.3, -0.25) is 0 Å². The van der Waals surface area contributed by atoms with Crippen LogP contribution in [0, 0.1) is 0 Å². The van der Waals surface area contributed by atoms with Crippen LogP contribution in [0.3, 0.4) is 0 Å². The monoisotopic (exact) mass is 186 g/mol. The summed E-state index contributed by atoms with van der Waals surface area (Å²) in [4.78, 5) is 0. The second-order valence-electron chi connectivity index (χ2n) is 3.24. The smallest absolute Gasteiger partial charge is 0.212 e. The molecule has 1 N–H and O–H groups in total. The van der Waals surface area contributed by atoms with E-state index < -0.39 is 0 Å². The minimum atomic E-state index is 0.298. The third-order valence-corrected chi connectivity index (χ3v) is 2.22. The standard InChI is InChI=1S/C12H11NO/c1-13-9-3-2-4-12(13)10-5-7-11(14)8-6-10/h2-9H,1H3/p+1. The van der Waals surface area contributed by atoms with Gasteiger partial charge in [0.15, 0.2) is 6.20 Å². The van der Waals surface area contributed by atoms with Gasteiger partial charge in [0, 0.05) is 17.7 Å². The molecule has 0 aliphatic heterocycles. The van der Waals surface area contributed by atoms with Crippen LogP contribution in [0.4, 0.5) is 0 Å². The first-order valence-electron chi connectivity index (χ1n) is 4.51. The number of aryl methyl sites for hydroxylation is 1. The second-order valence-corrected chi connectivity index (χ2v) is 3.24. The minimum Gasteiger partial charge on any atom is -0.508 e. The van der Waals surface area contributed by atoms with Crippen LogP contribution in [0.2, 0.25) is 0 Å². The molecule has 0 fully saturated rings. The van der Waals surface area contributed by atoms with Crippen LogP contribution in [-0.4, -0.2) is 5.11 Å². The van der Waals surface area contributed by atoms with Crippen LogP contribution in [0.15, 0.2) is 48.7 Å². The van der Waals surface area contributed by atoms with Gasteiger partial charge in [-0.05, 0) is 30.3 Å². The van der Waals surface area contributed by atoms with E-state index in [0.717, 1.165) is 11.3 Å². The summed E-state index contributed by atoms with van der Waals surface area (Å²) in [6.07, 6.45) is 2.00. The molecular weight excluding hydrogens is 174 g/mol. The molecule has 0 saturated carbocycles. The highest BCUT2D eigenvalue weighted by molar-refractivity contribution is 5.56. The summed E-state index contributed by atoms with van der Waals surface area (Å²) in [5.41, 5.74) is 2.23. The van der Waals surface area contributed by atoms with Gasteiger partial charge in [0.2, 0.25) is 5.69 Å². The number of hydrogen-bond acceptors (Lipinski definition) is 1. The quantitative estimate of drug-likeness (QED) is 0.675. The minimum absolute atomic E-state index is 0.298. The number of aromatic hydroxyl groups is 1. The van der Waals surface area contributed by atoms with Gasteiger partial charge in [-0.1, -0.05) is 0 Å². The van der Waals surface area contributed by atoms with Crippen molar-refractivity contribution in [2.45, 2.75) is 0 Å². The Balaban J connectivity index is 2.50. The van der Waals surface area contributed by atoms with Crippen LogP contribution >= 0.6 is 0 Å². The fourth-order valence-electron chi connectivity index (χ4n) is 1.46. The maximum absolute atomic E-state index is 9.17. The third kappa shape index (κ3) is 1.59. The van der Waals surface area contributed by atoms with E-state index in [1.807, 2.05) is 48.1 Å². The molecule has 2 heteroatoms. The fourth-order valence-corrected chi connectivity index (χ4v) is 1.46. The zero-order valence-electron chi connectivity index (χ0n) is 8.01. The maximum atomic E-state index is 9.17. The van der Waals surface area contributed by atoms with Crippen molar-refractivity contribution in [1.82, 2.24) is 0 Å². The summed E-state index contributed by atoms with van der Waals surface area (Å²) in [6, 6.07) is 13.2. The average Bonchev–Trinajstić information content (AvgIpc) is 2.20. The zero-order chi connectivity index (χ0) is 9.97. The zero-order valence-corrected chi connectivity index (χ0v) is 8.01. The van der Waals surface area contributed by atoms with Gasteiger partial charge in [-0.15, -0.1) is 0 Å². The Kier molecular flexibility index (Phi) is 2.19. The van der Waals surface area contributed by atoms with Gasteiger partial charge in [0.05, 0.1) is 0 Å². The molecule has 0 unspecified atom stereocenters. The third-order valence-electron chi connectivity index (χ3n) is 2.22. The normalized spacial score (nSPS) is 10.1. The summed E-state index contributed by atoms with van der Waals surface area (Å²) in [5, 5.41) is 9.17. The Bertz CT molecular complexity index is 434. The topological polar surface area (TPSA) is 24.1 Å². The van der Waals surface area contributed by atoms with Crippen molar-refractivity contribution < 1.29 is 9.67 Å². The average molecular weight is 186 g/mol. The molecule has 70 valence electrons. The van der Waals surface area contributed by atoms with E-state index in [1.165, 1.54) is 0 Å². The van der Waals surface area contributed by atoms with E-state index in [1.54, 1.807) is 12.1 Å². The number of pyridine rings is 1. The largest absolute Gasteiger partial charge is 0.508 e. The predicted octanol–water partition coefficient (Wildman–Crippen LogP) is 1.88. The molecule has 2 aromatic rings. The van der Waals surface area contributed by atoms with Crippen LogP contribution in [0.25, 0.3) is 11.3 Å². The number of nitrogens with zero attached hydrogens (tertiary/aromatic N) is 1. The van der Waals surface area contributed by atoms with Crippen LogP contribution in [-0.2, 0) is 7.05 Å². The predicted molar refractivity (Wildman–Crippen MR) is 54.7 cm³/mol. The van der Waals surface area contributed by atoms with Crippen molar-refractivity contribution in [3.05, 3.63) is 48.7 Å². The number of rotatable bonds is 1. The van der Waals surface area contributed by atoms with Gasteiger partial charge >= 0.3 is 0 Å². The maximum Gasteiger partial charge on any atom is 0.212 e. The summed E-state index contributed by atoms with van der Waals surface area (Å²) in [7, 11) is 2.00. The molecule has 0 radical (unpaired) electrons. The lowest BCUT2D eigenvalue weighted by Gasteiger charge is -1.99. The molecule has 1 aromatic heterocycles. The van der Waals surface area contributed by atoms with Gasteiger partial charge in [0.25, 0.3) is 0 Å². The van der Waals surface area contributed by atoms with E-state index in [0.29, 0.717) is 5.75 Å². The van der Waals surface area contributed by atoms with E-state index in [4.69, 9.17) is 5.11 Å². The lowest BCUT2D eigenvalue weighted by molar-refractivity contribution is -0.660. The lowest BCUT2D eigenvalue weighted by Crippen LogP contribution is -2.29. The van der Waals surface area contributed by atoms with Crippen molar-refractivity contribution in [3.8, 4) is 17.0 Å². The molecule has 0 bridgehead atoms. The van der Waals surface area contributed by atoms with Crippen LogP contribution in [0.5, 0.6) is 5.75 Å². The number of hydrogen-bond donors (Lipinski definition) is 1. The molecule has 2 rings (SSSR count). The van der Waals surface area contributed by atoms with E-state index in [9.17, 15) is 0 Å². The highest BCUT2D eigenvalue weighted by Crippen LogP contribution is 2.17. The molecule has 2 nitrogen and oxygen atoms in total. The lowest BCUT2D eigenvalue weighted by atomic mass is 10.1. The highest BCUT2D eigenvalue weighted by Gasteiger charge is 2.06. The van der Waals surface area contributed by atoms with Gasteiger partial charge in [-0.25, -0.2) is 4.57 Å². The van der Waals surface area contributed by atoms with E-state index >= 15 is 0 Å². The number of phenols is 1. The van der Waals surface area contributed by atoms with Crippen molar-refractivity contribution in [1.29, 1.82) is 0 Å². The molecule has 0 aliphatic carbocycles. The summed E-state index contributed by atoms with van der Waals surface area (Å²) < 4.78 is 2.05. The first-order valence-corrected chi connectivity index (χ1v) is 4.51. The van der Waals surface area contributed by atoms with Crippen LogP contribution < -0.4 is 4.57 Å². The number of phenolic OH excluding ortho intramolecular Hbond substituents is 1. The molecule has 0 amide bonds. The van der Waals surface area contributed by atoms with Crippen molar-refractivity contribution in [2.24, 2.45) is 7.05 Å². The van der Waals surface area contributed by atoms with Gasteiger partial charge in [-0.2, -0.15) is 0 Å². The fraction of sp³-hybridized carbons (Fsp3) is 0.0833. The SMILES string of the molecule is C[n+]1ccccc1-c1ccc(O)cc1. The Morgan fingerprint density at radius 1 is 1.00 bits per heavy atom. The molecular formula is C12H12NO+. The number of aromatic nitrogens is 1. The molecule has 0 aliphatic rings. The summed E-state index contributed by atoms with van der Waals surface area (Å²) >= 11 is 0. The Morgan fingerprint density at radius 3 is 2.36 bits per heavy atom. The summed E-state index contributed by atoms with van der Waals surface area (Å²) in [5.74, 6) is 0.298. The Labute approximate surface area is 83.1 Å². The van der Waals surface area contributed by atoms with Gasteiger partial charge in [0.1, 0.15) is 12.8 Å². The molecule has 0 spiro atoms. The summed E-state index contributed by atoms with van der Waals surface area (Å²) in [6.45, 7) is 0. The van der Waals surface area contributed by atoms with Crippen molar-refractivity contribution >= 4 is 0 Å².